The average Bonchev–Trinajstić information content (AvgIpc) is 3.23. The van der Waals surface area contributed by atoms with Gasteiger partial charge in [0.25, 0.3) is 0 Å². The molecule has 2 bridgehead atoms. The third kappa shape index (κ3) is 3.14. The molecule has 1 saturated heterocycles. The molecule has 1 heterocycles. The Labute approximate surface area is 220 Å². The van der Waals surface area contributed by atoms with Crippen LogP contribution in [0.1, 0.15) is 51.4 Å². The molecule has 0 N–H and O–H groups in total. The van der Waals surface area contributed by atoms with Crippen LogP contribution in [0.3, 0.4) is 0 Å². The summed E-state index contributed by atoms with van der Waals surface area (Å²) in [5, 5.41) is 0. The Hall–Kier alpha value is -4.51. The fourth-order valence-corrected chi connectivity index (χ4v) is 6.74. The highest BCUT2D eigenvalue weighted by Crippen LogP contribution is 2.61. The number of imide groups is 1. The molecule has 186 valence electrons. The number of anilines is 1. The minimum absolute atomic E-state index is 0.169. The van der Waals surface area contributed by atoms with E-state index in [-0.39, 0.29) is 29.4 Å². The van der Waals surface area contributed by atoms with Crippen LogP contribution in [0, 0.1) is 11.8 Å². The molecule has 5 nitrogen and oxygen atoms in total. The zero-order valence-corrected chi connectivity index (χ0v) is 20.8. The largest absolute Gasteiger partial charge is 0.480 e. The molecule has 0 radical (unpaired) electrons. The highest BCUT2D eigenvalue weighted by atomic mass is 16.5. The number of carbonyl (C=O) groups excluding carboxylic acids is 3. The first kappa shape index (κ1) is 22.7. The van der Waals surface area contributed by atoms with Crippen molar-refractivity contribution >= 4 is 23.3 Å². The van der Waals surface area contributed by atoms with Gasteiger partial charge in [-0.3, -0.25) is 14.4 Å². The molecule has 4 aromatic carbocycles. The van der Waals surface area contributed by atoms with Crippen molar-refractivity contribution in [3.63, 3.8) is 0 Å². The van der Waals surface area contributed by atoms with Crippen LogP contribution in [0.25, 0.3) is 0 Å². The minimum atomic E-state index is -0.793. The zero-order valence-electron chi connectivity index (χ0n) is 20.8. The third-order valence-electron chi connectivity index (χ3n) is 8.29. The van der Waals surface area contributed by atoms with Gasteiger partial charge in [0.15, 0.2) is 6.10 Å². The molecule has 5 heteroatoms. The maximum absolute atomic E-state index is 14.1. The molecule has 0 aromatic heterocycles. The second-order valence-corrected chi connectivity index (χ2v) is 10.2. The van der Waals surface area contributed by atoms with Gasteiger partial charge in [-0.15, -0.1) is 0 Å². The number of rotatable bonds is 5. The molecule has 3 aliphatic carbocycles. The van der Waals surface area contributed by atoms with E-state index < -0.39 is 17.9 Å². The minimum Gasteiger partial charge on any atom is -0.480 e. The number of Topliss-reactive ketones (excluding diaryl/α,β-unsaturated/α-hetero) is 1. The monoisotopic (exact) mass is 499 g/mol. The average molecular weight is 500 g/mol. The smallest absolute Gasteiger partial charge is 0.238 e. The number of benzene rings is 4. The van der Waals surface area contributed by atoms with E-state index in [2.05, 4.69) is 24.3 Å². The molecule has 1 aliphatic heterocycles. The fraction of sp³-hybridized carbons (Fsp3) is 0.182. The Morgan fingerprint density at radius 3 is 1.63 bits per heavy atom. The number of carbonyl (C=O) groups is 3. The molecule has 3 unspecified atom stereocenters. The molecule has 0 spiro atoms. The summed E-state index contributed by atoms with van der Waals surface area (Å²) in [4.78, 5) is 42.6. The predicted molar refractivity (Wildman–Crippen MR) is 143 cm³/mol. The fourth-order valence-electron chi connectivity index (χ4n) is 6.74. The van der Waals surface area contributed by atoms with Gasteiger partial charge in [0.2, 0.25) is 17.6 Å². The number of para-hydroxylation sites is 2. The summed E-state index contributed by atoms with van der Waals surface area (Å²) in [6.07, 6.45) is -0.793. The SMILES string of the molecule is CC(Oc1ccccc1N1C(=O)C2C3c4ccccc4C(c4ccccc43)C2C1=O)C(=O)c1ccccc1. The topological polar surface area (TPSA) is 63.7 Å². The summed E-state index contributed by atoms with van der Waals surface area (Å²) in [6.45, 7) is 1.69. The Kier molecular flexibility index (Phi) is 5.08. The van der Waals surface area contributed by atoms with Crippen LogP contribution in [0.2, 0.25) is 0 Å². The lowest BCUT2D eigenvalue weighted by atomic mass is 9.55. The van der Waals surface area contributed by atoms with Crippen molar-refractivity contribution < 1.29 is 19.1 Å². The van der Waals surface area contributed by atoms with Crippen LogP contribution in [0.15, 0.2) is 103 Å². The Balaban J connectivity index is 1.28. The first-order chi connectivity index (χ1) is 18.6. The molecular weight excluding hydrogens is 474 g/mol. The number of amides is 2. The van der Waals surface area contributed by atoms with Gasteiger partial charge in [0, 0.05) is 17.4 Å². The lowest BCUT2D eigenvalue weighted by Gasteiger charge is -2.45. The Morgan fingerprint density at radius 2 is 1.11 bits per heavy atom. The van der Waals surface area contributed by atoms with Gasteiger partial charge < -0.3 is 4.74 Å². The number of nitrogens with zero attached hydrogens (tertiary/aromatic N) is 1. The summed E-state index contributed by atoms with van der Waals surface area (Å²) < 4.78 is 6.12. The number of ketones is 1. The highest BCUT2D eigenvalue weighted by molar-refractivity contribution is 6.24. The van der Waals surface area contributed by atoms with Gasteiger partial charge in [-0.05, 0) is 41.3 Å². The van der Waals surface area contributed by atoms with Crippen LogP contribution in [0.4, 0.5) is 5.69 Å². The van der Waals surface area contributed by atoms with Crippen LogP contribution < -0.4 is 9.64 Å². The standard InChI is InChI=1S/C33H25NO4/c1-19(31(35)20-11-3-2-4-12-20)38-26-18-10-9-17-25(26)34-32(36)29-27-21-13-5-6-14-22(21)28(30(29)33(34)37)24-16-8-7-15-23(24)27/h2-19,27-30H,1H3. The summed E-state index contributed by atoms with van der Waals surface area (Å²) in [6, 6.07) is 32.3. The van der Waals surface area contributed by atoms with Gasteiger partial charge in [0.1, 0.15) is 5.75 Å². The maximum atomic E-state index is 14.1. The second-order valence-electron chi connectivity index (χ2n) is 10.2. The molecule has 8 rings (SSSR count). The molecule has 4 aromatic rings. The van der Waals surface area contributed by atoms with Crippen molar-refractivity contribution in [3.8, 4) is 5.75 Å². The van der Waals surface area contributed by atoms with Crippen molar-refractivity contribution in [3.05, 3.63) is 131 Å². The van der Waals surface area contributed by atoms with E-state index in [0.717, 1.165) is 22.3 Å². The summed E-state index contributed by atoms with van der Waals surface area (Å²) in [7, 11) is 0. The molecule has 2 amide bonds. The lowest BCUT2D eigenvalue weighted by Crippen LogP contribution is -2.41. The molecule has 38 heavy (non-hydrogen) atoms. The summed E-state index contributed by atoms with van der Waals surface area (Å²) >= 11 is 0. The Morgan fingerprint density at radius 1 is 0.658 bits per heavy atom. The summed E-state index contributed by atoms with van der Waals surface area (Å²) in [5.41, 5.74) is 5.46. The maximum Gasteiger partial charge on any atom is 0.238 e. The quantitative estimate of drug-likeness (QED) is 0.260. The van der Waals surface area contributed by atoms with Crippen molar-refractivity contribution in [2.24, 2.45) is 11.8 Å². The number of ether oxygens (including phenoxy) is 1. The van der Waals surface area contributed by atoms with Gasteiger partial charge >= 0.3 is 0 Å². The summed E-state index contributed by atoms with van der Waals surface area (Å²) in [5.74, 6) is -1.56. The van der Waals surface area contributed by atoms with Crippen LogP contribution >= 0.6 is 0 Å². The van der Waals surface area contributed by atoms with E-state index in [1.165, 1.54) is 4.90 Å². The number of hydrogen-bond acceptors (Lipinski definition) is 4. The first-order valence-corrected chi connectivity index (χ1v) is 13.0. The predicted octanol–water partition coefficient (Wildman–Crippen LogP) is 5.73. The van der Waals surface area contributed by atoms with Gasteiger partial charge in [-0.1, -0.05) is 91.0 Å². The zero-order chi connectivity index (χ0) is 26.0. The van der Waals surface area contributed by atoms with Crippen molar-refractivity contribution in [1.82, 2.24) is 0 Å². The van der Waals surface area contributed by atoms with Gasteiger partial charge in [-0.2, -0.15) is 0 Å². The van der Waals surface area contributed by atoms with Crippen molar-refractivity contribution in [1.29, 1.82) is 0 Å². The van der Waals surface area contributed by atoms with E-state index in [1.54, 1.807) is 43.3 Å². The van der Waals surface area contributed by atoms with E-state index in [4.69, 9.17) is 4.74 Å². The molecule has 3 atom stereocenters. The van der Waals surface area contributed by atoms with E-state index >= 15 is 0 Å². The van der Waals surface area contributed by atoms with Crippen LogP contribution in [-0.2, 0) is 9.59 Å². The third-order valence-corrected chi connectivity index (χ3v) is 8.29. The molecule has 4 aliphatic rings. The van der Waals surface area contributed by atoms with Crippen LogP contribution in [0.5, 0.6) is 5.75 Å². The van der Waals surface area contributed by atoms with E-state index in [0.29, 0.717) is 17.0 Å². The van der Waals surface area contributed by atoms with Crippen molar-refractivity contribution in [2.45, 2.75) is 24.9 Å². The normalized spacial score (nSPS) is 23.4. The molecule has 0 saturated carbocycles. The lowest BCUT2D eigenvalue weighted by molar-refractivity contribution is -0.122. The van der Waals surface area contributed by atoms with Crippen LogP contribution in [-0.4, -0.2) is 23.7 Å². The Bertz CT molecular complexity index is 1490. The van der Waals surface area contributed by atoms with E-state index in [9.17, 15) is 14.4 Å². The molecular formula is C33H25NO4. The van der Waals surface area contributed by atoms with E-state index in [1.807, 2.05) is 42.5 Å². The van der Waals surface area contributed by atoms with Gasteiger partial charge in [-0.25, -0.2) is 4.90 Å². The highest BCUT2D eigenvalue weighted by Gasteiger charge is 2.62. The van der Waals surface area contributed by atoms with Gasteiger partial charge in [0.05, 0.1) is 17.5 Å². The number of hydrogen-bond donors (Lipinski definition) is 0. The van der Waals surface area contributed by atoms with Crippen molar-refractivity contribution in [2.75, 3.05) is 4.90 Å². The first-order valence-electron chi connectivity index (χ1n) is 13.0. The second kappa shape index (κ2) is 8.52. The molecule has 1 fully saturated rings.